The summed E-state index contributed by atoms with van der Waals surface area (Å²) in [6.45, 7) is 1.51. The van der Waals surface area contributed by atoms with Crippen molar-refractivity contribution in [3.05, 3.63) is 22.4 Å². The summed E-state index contributed by atoms with van der Waals surface area (Å²) in [7, 11) is 0. The minimum atomic E-state index is -0.749. The molecule has 6 heteroatoms. The minimum Gasteiger partial charge on any atom is -0.481 e. The van der Waals surface area contributed by atoms with Gasteiger partial charge in [0.25, 0.3) is 0 Å². The van der Waals surface area contributed by atoms with Gasteiger partial charge >= 0.3 is 5.97 Å². The predicted octanol–water partition coefficient (Wildman–Crippen LogP) is 2.69. The molecule has 20 heavy (non-hydrogen) atoms. The first-order chi connectivity index (χ1) is 9.65. The van der Waals surface area contributed by atoms with Crippen molar-refractivity contribution in [3.8, 4) is 0 Å². The van der Waals surface area contributed by atoms with Gasteiger partial charge in [-0.25, -0.2) is 0 Å². The second-order valence-electron chi connectivity index (χ2n) is 5.00. The van der Waals surface area contributed by atoms with E-state index in [0.29, 0.717) is 18.1 Å². The first kappa shape index (κ1) is 15.4. The van der Waals surface area contributed by atoms with E-state index in [2.05, 4.69) is 6.07 Å². The zero-order valence-electron chi connectivity index (χ0n) is 11.3. The van der Waals surface area contributed by atoms with E-state index in [1.807, 2.05) is 16.3 Å². The van der Waals surface area contributed by atoms with Crippen molar-refractivity contribution < 1.29 is 14.7 Å². The summed E-state index contributed by atoms with van der Waals surface area (Å²) >= 11 is 3.37. The summed E-state index contributed by atoms with van der Waals surface area (Å²) in [6, 6.07) is 4.11. The number of carboxylic acid groups (broad SMARTS) is 1. The monoisotopic (exact) mass is 313 g/mol. The van der Waals surface area contributed by atoms with Crippen molar-refractivity contribution in [3.63, 3.8) is 0 Å². The zero-order chi connectivity index (χ0) is 14.4. The van der Waals surface area contributed by atoms with E-state index in [9.17, 15) is 9.59 Å². The largest absolute Gasteiger partial charge is 0.481 e. The van der Waals surface area contributed by atoms with Crippen LogP contribution in [0.15, 0.2) is 17.5 Å². The smallest absolute Gasteiger partial charge is 0.303 e. The Bertz CT molecular complexity index is 447. The number of thioether (sulfide) groups is 1. The van der Waals surface area contributed by atoms with E-state index in [4.69, 9.17) is 5.11 Å². The molecule has 1 saturated heterocycles. The summed E-state index contributed by atoms with van der Waals surface area (Å²) in [5.74, 6) is 1.20. The molecule has 1 aromatic rings. The standard InChI is InChI=1S/C14H19NO3S2/c16-13(10-19-9-12-2-1-7-20-12)15-6-5-11(8-15)3-4-14(17)18/h1-2,7,11H,3-6,8-10H2,(H,17,18). The molecule has 1 atom stereocenters. The van der Waals surface area contributed by atoms with E-state index in [-0.39, 0.29) is 12.3 Å². The Kier molecular flexibility index (Phi) is 5.91. The molecule has 4 nitrogen and oxygen atoms in total. The lowest BCUT2D eigenvalue weighted by Gasteiger charge is -2.16. The first-order valence-corrected chi connectivity index (χ1v) is 8.78. The van der Waals surface area contributed by atoms with Crippen LogP contribution in [-0.2, 0) is 15.3 Å². The highest BCUT2D eigenvalue weighted by atomic mass is 32.2. The average molecular weight is 313 g/mol. The van der Waals surface area contributed by atoms with Crippen LogP contribution in [0.4, 0.5) is 0 Å². The van der Waals surface area contributed by atoms with Gasteiger partial charge in [0.1, 0.15) is 0 Å². The van der Waals surface area contributed by atoms with Crippen molar-refractivity contribution in [2.45, 2.75) is 25.0 Å². The molecule has 0 bridgehead atoms. The second kappa shape index (κ2) is 7.69. The Hall–Kier alpha value is -1.01. The summed E-state index contributed by atoms with van der Waals surface area (Å²) in [5, 5.41) is 10.7. The fourth-order valence-electron chi connectivity index (χ4n) is 2.35. The number of nitrogens with zero attached hydrogens (tertiary/aromatic N) is 1. The number of thiophene rings is 1. The summed E-state index contributed by atoms with van der Waals surface area (Å²) in [4.78, 5) is 25.8. The Balaban J connectivity index is 1.65. The molecule has 1 fully saturated rings. The topological polar surface area (TPSA) is 57.6 Å². The van der Waals surface area contributed by atoms with Crippen LogP contribution in [0.2, 0.25) is 0 Å². The molecular formula is C14H19NO3S2. The van der Waals surface area contributed by atoms with Gasteiger partial charge in [0.15, 0.2) is 0 Å². The van der Waals surface area contributed by atoms with E-state index in [1.165, 1.54) is 4.88 Å². The second-order valence-corrected chi connectivity index (χ2v) is 7.02. The highest BCUT2D eigenvalue weighted by Crippen LogP contribution is 2.23. The fourth-order valence-corrected chi connectivity index (χ4v) is 4.12. The van der Waals surface area contributed by atoms with Crippen molar-refractivity contribution >= 4 is 35.0 Å². The summed E-state index contributed by atoms with van der Waals surface area (Å²) < 4.78 is 0. The maximum Gasteiger partial charge on any atom is 0.303 e. The highest BCUT2D eigenvalue weighted by molar-refractivity contribution is 7.99. The molecule has 1 N–H and O–H groups in total. The quantitative estimate of drug-likeness (QED) is 0.841. The van der Waals surface area contributed by atoms with Crippen molar-refractivity contribution in [1.82, 2.24) is 4.90 Å². The number of likely N-dealkylation sites (tertiary alicyclic amines) is 1. The molecule has 0 aliphatic carbocycles. The molecule has 1 amide bonds. The Labute approximate surface area is 127 Å². The Morgan fingerprint density at radius 3 is 3.05 bits per heavy atom. The number of carboxylic acids is 1. The zero-order valence-corrected chi connectivity index (χ0v) is 12.9. The maximum absolute atomic E-state index is 12.0. The molecule has 0 radical (unpaired) electrons. The third-order valence-corrected chi connectivity index (χ3v) is 5.48. The number of hydrogen-bond donors (Lipinski definition) is 1. The molecular weight excluding hydrogens is 294 g/mol. The number of rotatable bonds is 7. The van der Waals surface area contributed by atoms with Crippen LogP contribution in [0, 0.1) is 5.92 Å². The SMILES string of the molecule is O=C(O)CCC1CCN(C(=O)CSCc2cccs2)C1. The van der Waals surface area contributed by atoms with Gasteiger partial charge in [-0.1, -0.05) is 6.07 Å². The van der Waals surface area contributed by atoms with Gasteiger partial charge in [-0.05, 0) is 30.2 Å². The molecule has 0 saturated carbocycles. The molecule has 110 valence electrons. The van der Waals surface area contributed by atoms with Gasteiger partial charge in [-0.15, -0.1) is 23.1 Å². The van der Waals surface area contributed by atoms with Crippen LogP contribution < -0.4 is 0 Å². The molecule has 2 rings (SSSR count). The molecule has 0 aromatic carbocycles. The Morgan fingerprint density at radius 1 is 1.50 bits per heavy atom. The molecule has 1 unspecified atom stereocenters. The van der Waals surface area contributed by atoms with Crippen LogP contribution in [0.3, 0.4) is 0 Å². The van der Waals surface area contributed by atoms with Gasteiger partial charge in [-0.3, -0.25) is 9.59 Å². The third-order valence-electron chi connectivity index (χ3n) is 3.45. The van der Waals surface area contributed by atoms with Crippen LogP contribution in [0.1, 0.15) is 24.1 Å². The highest BCUT2D eigenvalue weighted by Gasteiger charge is 2.26. The number of aliphatic carboxylic acids is 1. The van der Waals surface area contributed by atoms with Crippen molar-refractivity contribution in [1.29, 1.82) is 0 Å². The lowest BCUT2D eigenvalue weighted by atomic mass is 10.0. The Morgan fingerprint density at radius 2 is 2.35 bits per heavy atom. The van der Waals surface area contributed by atoms with Gasteiger partial charge < -0.3 is 10.0 Å². The number of amides is 1. The third kappa shape index (κ3) is 4.83. The predicted molar refractivity (Wildman–Crippen MR) is 82.0 cm³/mol. The fraction of sp³-hybridized carbons (Fsp3) is 0.571. The van der Waals surface area contributed by atoms with Gasteiger partial charge in [-0.2, -0.15) is 0 Å². The van der Waals surface area contributed by atoms with Crippen LogP contribution in [0.25, 0.3) is 0 Å². The summed E-state index contributed by atoms with van der Waals surface area (Å²) in [5.41, 5.74) is 0. The molecule has 2 heterocycles. The molecule has 1 aromatic heterocycles. The van der Waals surface area contributed by atoms with Crippen molar-refractivity contribution in [2.75, 3.05) is 18.8 Å². The van der Waals surface area contributed by atoms with Gasteiger partial charge in [0.05, 0.1) is 5.75 Å². The van der Waals surface area contributed by atoms with E-state index in [1.54, 1.807) is 23.1 Å². The van der Waals surface area contributed by atoms with Gasteiger partial charge in [0, 0.05) is 30.1 Å². The summed E-state index contributed by atoms with van der Waals surface area (Å²) in [6.07, 6.45) is 1.83. The molecule has 1 aliphatic rings. The normalized spacial score (nSPS) is 18.4. The molecule has 0 spiro atoms. The number of carbonyl (C=O) groups is 2. The van der Waals surface area contributed by atoms with Crippen molar-refractivity contribution in [2.24, 2.45) is 5.92 Å². The van der Waals surface area contributed by atoms with E-state index < -0.39 is 5.97 Å². The maximum atomic E-state index is 12.0. The minimum absolute atomic E-state index is 0.185. The average Bonchev–Trinajstić information content (AvgIpc) is 3.07. The van der Waals surface area contributed by atoms with E-state index >= 15 is 0 Å². The number of carbonyl (C=O) groups excluding carboxylic acids is 1. The lowest BCUT2D eigenvalue weighted by Crippen LogP contribution is -2.30. The first-order valence-electron chi connectivity index (χ1n) is 6.75. The van der Waals surface area contributed by atoms with Crippen LogP contribution >= 0.6 is 23.1 Å². The number of hydrogen-bond acceptors (Lipinski definition) is 4. The van der Waals surface area contributed by atoms with Crippen LogP contribution in [0.5, 0.6) is 0 Å². The molecule has 1 aliphatic heterocycles. The lowest BCUT2D eigenvalue weighted by molar-refractivity contribution is -0.137. The van der Waals surface area contributed by atoms with Crippen LogP contribution in [-0.4, -0.2) is 40.7 Å². The van der Waals surface area contributed by atoms with Gasteiger partial charge in [0.2, 0.25) is 5.91 Å². The van der Waals surface area contributed by atoms with E-state index in [0.717, 1.165) is 25.3 Å².